The quantitative estimate of drug-likeness (QED) is 0.400. The topological polar surface area (TPSA) is 140 Å². The molecule has 0 radical (unpaired) electrons. The number of hydrogen-bond acceptors (Lipinski definition) is 9. The molecular weight excluding hydrogens is 580 g/mol. The maximum absolute atomic E-state index is 15.4. The molecule has 0 saturated carbocycles. The standard InChI is InChI=1S/C34H30N2O9/c1-5-44-29(41)27-33-24(25(39)28(40)35(33)22-8-6-7-9-23(22)38)26(19-10-12-21(43-4)13-11-19)45-34(27)32(16-14-20(37)15-17-32)18-31(2,3)36(34)30(33)42/h6-17,27,38H,5,18H2,1-4H3. The van der Waals surface area contributed by atoms with Gasteiger partial charge >= 0.3 is 11.9 Å². The van der Waals surface area contributed by atoms with Gasteiger partial charge in [0.2, 0.25) is 5.72 Å². The average molecular weight is 611 g/mol. The Morgan fingerprint density at radius 1 is 1.02 bits per heavy atom. The van der Waals surface area contributed by atoms with Crippen molar-refractivity contribution in [3.63, 3.8) is 0 Å². The third-order valence-corrected chi connectivity index (χ3v) is 9.60. The number of carbonyl (C=O) groups is 5. The van der Waals surface area contributed by atoms with E-state index in [0.717, 1.165) is 4.90 Å². The minimum absolute atomic E-state index is 0.0684. The molecule has 3 unspecified atom stereocenters. The Morgan fingerprint density at radius 3 is 2.31 bits per heavy atom. The monoisotopic (exact) mass is 610 g/mol. The highest BCUT2D eigenvalue weighted by Crippen LogP contribution is 2.72. The molecule has 7 rings (SSSR count). The summed E-state index contributed by atoms with van der Waals surface area (Å²) in [5.74, 6) is -5.61. The van der Waals surface area contributed by atoms with Crippen molar-refractivity contribution in [2.75, 3.05) is 18.6 Å². The molecule has 1 aliphatic carbocycles. The molecule has 45 heavy (non-hydrogen) atoms. The van der Waals surface area contributed by atoms with Crippen LogP contribution in [0.15, 0.2) is 78.4 Å². The number of amides is 2. The summed E-state index contributed by atoms with van der Waals surface area (Å²) in [6, 6.07) is 12.4. The number of nitrogens with zero attached hydrogens (tertiary/aromatic N) is 2. The molecular formula is C34H30N2O9. The van der Waals surface area contributed by atoms with Gasteiger partial charge < -0.3 is 19.3 Å². The number of methoxy groups -OCH3 is 1. The number of ether oxygens (including phenoxy) is 3. The molecule has 11 nitrogen and oxygen atoms in total. The van der Waals surface area contributed by atoms with Crippen LogP contribution in [0, 0.1) is 11.3 Å². The van der Waals surface area contributed by atoms with Crippen LogP contribution in [0.3, 0.4) is 0 Å². The number of aromatic hydroxyl groups is 1. The van der Waals surface area contributed by atoms with Gasteiger partial charge in [0.25, 0.3) is 11.7 Å². The predicted molar refractivity (Wildman–Crippen MR) is 158 cm³/mol. The van der Waals surface area contributed by atoms with Crippen LogP contribution in [0.1, 0.15) is 32.8 Å². The normalized spacial score (nSPS) is 28.5. The van der Waals surface area contributed by atoms with E-state index in [1.807, 2.05) is 0 Å². The molecule has 1 N–H and O–H groups in total. The zero-order valence-electron chi connectivity index (χ0n) is 25.0. The van der Waals surface area contributed by atoms with Crippen molar-refractivity contribution in [1.29, 1.82) is 0 Å². The smallest absolute Gasteiger partial charge is 0.318 e. The lowest BCUT2D eigenvalue weighted by atomic mass is 9.62. The first-order valence-electron chi connectivity index (χ1n) is 14.6. The van der Waals surface area contributed by atoms with Gasteiger partial charge in [-0.05, 0) is 75.7 Å². The van der Waals surface area contributed by atoms with E-state index in [2.05, 4.69) is 0 Å². The lowest BCUT2D eigenvalue weighted by Crippen LogP contribution is -2.66. The Bertz CT molecular complexity index is 1800. The van der Waals surface area contributed by atoms with Crippen molar-refractivity contribution in [3.8, 4) is 11.5 Å². The summed E-state index contributed by atoms with van der Waals surface area (Å²) in [6.07, 6.45) is 6.24. The van der Waals surface area contributed by atoms with Crippen molar-refractivity contribution < 1.29 is 43.3 Å². The molecule has 3 atom stereocenters. The SMILES string of the molecule is CCOC(=O)C1C23C(=O)N4C(C)(C)CC5(C=CC(=O)C=C5)C14OC(c1ccc(OC)cc1)=C2C(=O)C(=O)N3c1ccccc1O. The molecule has 3 fully saturated rings. The number of esters is 1. The number of para-hydroxylation sites is 2. The second kappa shape index (κ2) is 9.16. The third-order valence-electron chi connectivity index (χ3n) is 9.60. The molecule has 230 valence electrons. The van der Waals surface area contributed by atoms with Crippen LogP contribution < -0.4 is 9.64 Å². The molecule has 2 bridgehead atoms. The Kier molecular flexibility index (Phi) is 5.82. The number of anilines is 1. The van der Waals surface area contributed by atoms with Crippen LogP contribution in [0.4, 0.5) is 5.69 Å². The summed E-state index contributed by atoms with van der Waals surface area (Å²) in [4.78, 5) is 73.1. The Hall–Kier alpha value is -5.19. The van der Waals surface area contributed by atoms with E-state index in [0.29, 0.717) is 11.3 Å². The number of carbonyl (C=O) groups excluding carboxylic acids is 5. The Morgan fingerprint density at radius 2 is 1.69 bits per heavy atom. The van der Waals surface area contributed by atoms with Crippen LogP contribution in [0.5, 0.6) is 11.5 Å². The zero-order chi connectivity index (χ0) is 32.1. The number of allylic oxidation sites excluding steroid dienone is 2. The van der Waals surface area contributed by atoms with Gasteiger partial charge in [-0.15, -0.1) is 0 Å². The van der Waals surface area contributed by atoms with Gasteiger partial charge in [0.15, 0.2) is 17.2 Å². The van der Waals surface area contributed by atoms with Crippen molar-refractivity contribution in [3.05, 3.63) is 84.0 Å². The minimum Gasteiger partial charge on any atom is -0.506 e. The molecule has 2 amide bonds. The highest BCUT2D eigenvalue weighted by atomic mass is 16.6. The van der Waals surface area contributed by atoms with Gasteiger partial charge in [-0.25, -0.2) is 0 Å². The number of hydrogen-bond donors (Lipinski definition) is 1. The second-order valence-electron chi connectivity index (χ2n) is 12.4. The fourth-order valence-electron chi connectivity index (χ4n) is 8.18. The highest BCUT2D eigenvalue weighted by molar-refractivity contribution is 6.55. The van der Waals surface area contributed by atoms with E-state index in [-0.39, 0.29) is 41.6 Å². The maximum Gasteiger partial charge on any atom is 0.318 e. The largest absolute Gasteiger partial charge is 0.506 e. The van der Waals surface area contributed by atoms with Crippen molar-refractivity contribution in [2.45, 2.75) is 44.0 Å². The molecule has 4 heterocycles. The molecule has 4 aliphatic heterocycles. The molecule has 0 aromatic heterocycles. The summed E-state index contributed by atoms with van der Waals surface area (Å²) in [6.45, 7) is 5.15. The van der Waals surface area contributed by atoms with Crippen molar-refractivity contribution in [1.82, 2.24) is 4.90 Å². The van der Waals surface area contributed by atoms with E-state index in [9.17, 15) is 24.3 Å². The van der Waals surface area contributed by atoms with E-state index < -0.39 is 51.7 Å². The van der Waals surface area contributed by atoms with Gasteiger partial charge in [0, 0.05) is 11.1 Å². The van der Waals surface area contributed by atoms with Crippen LogP contribution in [-0.2, 0) is 33.4 Å². The van der Waals surface area contributed by atoms with Crippen LogP contribution in [0.25, 0.3) is 5.76 Å². The lowest BCUT2D eigenvalue weighted by Gasteiger charge is -2.51. The van der Waals surface area contributed by atoms with Crippen LogP contribution >= 0.6 is 0 Å². The first-order valence-corrected chi connectivity index (χ1v) is 14.6. The van der Waals surface area contributed by atoms with E-state index >= 15 is 4.79 Å². The summed E-state index contributed by atoms with van der Waals surface area (Å²) >= 11 is 0. The van der Waals surface area contributed by atoms with E-state index in [1.165, 1.54) is 42.4 Å². The predicted octanol–water partition coefficient (Wildman–Crippen LogP) is 3.08. The summed E-state index contributed by atoms with van der Waals surface area (Å²) in [5, 5.41) is 11.1. The first kappa shape index (κ1) is 28.6. The number of benzene rings is 2. The molecule has 3 saturated heterocycles. The molecule has 3 spiro atoms. The van der Waals surface area contributed by atoms with Crippen LogP contribution in [0.2, 0.25) is 0 Å². The maximum atomic E-state index is 15.4. The Balaban J connectivity index is 1.66. The Labute approximate surface area is 258 Å². The third kappa shape index (κ3) is 3.27. The second-order valence-corrected chi connectivity index (χ2v) is 12.4. The molecule has 11 heteroatoms. The fraction of sp³-hybridized carbons (Fsp3) is 0.324. The van der Waals surface area contributed by atoms with Crippen molar-refractivity contribution >= 4 is 40.8 Å². The van der Waals surface area contributed by atoms with Gasteiger partial charge in [-0.1, -0.05) is 24.3 Å². The molecule has 5 aliphatic rings. The molecule has 2 aromatic rings. The van der Waals surface area contributed by atoms with Gasteiger partial charge in [0.1, 0.15) is 17.3 Å². The van der Waals surface area contributed by atoms with E-state index in [1.54, 1.807) is 63.3 Å². The fourth-order valence-corrected chi connectivity index (χ4v) is 8.18. The average Bonchev–Trinajstić information content (AvgIpc) is 3.43. The number of Topliss-reactive ketones (excluding diaryl/α,β-unsaturated/α-hetero) is 1. The molecule has 2 aromatic carbocycles. The van der Waals surface area contributed by atoms with Gasteiger partial charge in [-0.3, -0.25) is 33.8 Å². The number of phenols is 1. The van der Waals surface area contributed by atoms with E-state index in [4.69, 9.17) is 14.2 Å². The lowest BCUT2D eigenvalue weighted by molar-refractivity contribution is -0.183. The highest BCUT2D eigenvalue weighted by Gasteiger charge is 2.89. The first-order chi connectivity index (χ1) is 21.4. The van der Waals surface area contributed by atoms with Crippen LogP contribution in [-0.4, -0.2) is 69.9 Å². The zero-order valence-corrected chi connectivity index (χ0v) is 25.0. The minimum atomic E-state index is -2.30. The number of rotatable bonds is 5. The van der Waals surface area contributed by atoms with Gasteiger partial charge in [-0.2, -0.15) is 0 Å². The summed E-state index contributed by atoms with van der Waals surface area (Å²) in [7, 11) is 1.50. The van der Waals surface area contributed by atoms with Gasteiger partial charge in [0.05, 0.1) is 30.4 Å². The van der Waals surface area contributed by atoms with Crippen molar-refractivity contribution in [2.24, 2.45) is 11.3 Å². The summed E-state index contributed by atoms with van der Waals surface area (Å²) in [5.41, 5.74) is -6.61. The number of ketones is 2. The number of phenolic OH excluding ortho intramolecular Hbond substituents is 1. The summed E-state index contributed by atoms with van der Waals surface area (Å²) < 4.78 is 17.9.